The van der Waals surface area contributed by atoms with Crippen molar-refractivity contribution < 1.29 is 4.79 Å². The van der Waals surface area contributed by atoms with Crippen molar-refractivity contribution in [1.82, 2.24) is 14.9 Å². The van der Waals surface area contributed by atoms with Gasteiger partial charge in [-0.1, -0.05) is 0 Å². The first-order chi connectivity index (χ1) is 8.44. The van der Waals surface area contributed by atoms with Crippen molar-refractivity contribution >= 4 is 22.6 Å². The number of hydrogen-bond acceptors (Lipinski definition) is 3. The molecule has 1 aromatic carbocycles. The lowest BCUT2D eigenvalue weighted by atomic mass is 9.92. The smallest absolute Gasteiger partial charge is 0.227 e. The first-order valence-corrected chi connectivity index (χ1v) is 5.86. The zero-order valence-electron chi connectivity index (χ0n) is 10.9. The van der Waals surface area contributed by atoms with E-state index in [0.29, 0.717) is 12.2 Å². The Morgan fingerprint density at radius 3 is 2.89 bits per heavy atom. The molecule has 1 aromatic heterocycles. The van der Waals surface area contributed by atoms with Crippen LogP contribution in [0.25, 0.3) is 11.0 Å². The number of fused-ring (bicyclic) bond motifs is 1. The van der Waals surface area contributed by atoms with Gasteiger partial charge < -0.3 is 15.6 Å². The third kappa shape index (κ3) is 2.16. The molecule has 0 saturated heterocycles. The van der Waals surface area contributed by atoms with Crippen molar-refractivity contribution in [2.75, 3.05) is 12.8 Å². The lowest BCUT2D eigenvalue weighted by Crippen LogP contribution is -2.37. The number of rotatable bonds is 3. The number of benzene rings is 1. The van der Waals surface area contributed by atoms with Crippen LogP contribution in [0, 0.1) is 5.41 Å². The molecule has 0 aliphatic rings. The summed E-state index contributed by atoms with van der Waals surface area (Å²) in [7, 11) is 1.65. The van der Waals surface area contributed by atoms with Gasteiger partial charge in [0.1, 0.15) is 0 Å². The highest BCUT2D eigenvalue weighted by Gasteiger charge is 2.27. The molecule has 5 nitrogen and oxygen atoms in total. The Labute approximate surface area is 106 Å². The highest BCUT2D eigenvalue weighted by molar-refractivity contribution is 5.82. The van der Waals surface area contributed by atoms with Crippen LogP contribution >= 0.6 is 0 Å². The van der Waals surface area contributed by atoms with E-state index in [9.17, 15) is 4.79 Å². The molecule has 18 heavy (non-hydrogen) atoms. The average Bonchev–Trinajstić information content (AvgIpc) is 2.69. The molecule has 0 aliphatic carbocycles. The number of carbonyl (C=O) groups excluding carboxylic acids is 1. The van der Waals surface area contributed by atoms with Crippen molar-refractivity contribution in [3.8, 4) is 0 Å². The lowest BCUT2D eigenvalue weighted by Gasteiger charge is -2.23. The maximum absolute atomic E-state index is 11.8. The predicted molar refractivity (Wildman–Crippen MR) is 72.0 cm³/mol. The summed E-state index contributed by atoms with van der Waals surface area (Å²) < 4.78 is 1.98. The lowest BCUT2D eigenvalue weighted by molar-refractivity contribution is -0.129. The van der Waals surface area contributed by atoms with E-state index >= 15 is 0 Å². The minimum absolute atomic E-state index is 0.0137. The standard InChI is InChI=1S/C13H18N4O/c1-13(2,12(18)15-3)7-17-8-16-10-6-9(14)4-5-11(10)17/h4-6,8H,7,14H2,1-3H3,(H,15,18). The molecule has 0 aliphatic heterocycles. The molecule has 0 radical (unpaired) electrons. The molecule has 1 heterocycles. The van der Waals surface area contributed by atoms with Gasteiger partial charge in [0.15, 0.2) is 0 Å². The number of carbonyl (C=O) groups is 1. The van der Waals surface area contributed by atoms with Crippen molar-refractivity contribution in [2.45, 2.75) is 20.4 Å². The number of nitrogens with two attached hydrogens (primary N) is 1. The summed E-state index contributed by atoms with van der Waals surface area (Å²) in [6.07, 6.45) is 1.74. The van der Waals surface area contributed by atoms with Crippen LogP contribution in [-0.4, -0.2) is 22.5 Å². The SMILES string of the molecule is CNC(=O)C(C)(C)Cn1cnc2cc(N)ccc21. The van der Waals surface area contributed by atoms with Gasteiger partial charge in [-0.2, -0.15) is 0 Å². The third-order valence-electron chi connectivity index (χ3n) is 3.05. The van der Waals surface area contributed by atoms with Gasteiger partial charge in [-0.3, -0.25) is 4.79 Å². The molecule has 96 valence electrons. The van der Waals surface area contributed by atoms with E-state index in [4.69, 9.17) is 5.73 Å². The van der Waals surface area contributed by atoms with Crippen LogP contribution in [0.4, 0.5) is 5.69 Å². The first kappa shape index (κ1) is 12.4. The second kappa shape index (κ2) is 4.33. The van der Waals surface area contributed by atoms with Crippen LogP contribution < -0.4 is 11.1 Å². The average molecular weight is 246 g/mol. The zero-order valence-corrected chi connectivity index (χ0v) is 10.9. The van der Waals surface area contributed by atoms with Gasteiger partial charge in [0, 0.05) is 19.3 Å². The van der Waals surface area contributed by atoms with Gasteiger partial charge in [0.05, 0.1) is 22.8 Å². The van der Waals surface area contributed by atoms with Crippen LogP contribution in [0.2, 0.25) is 0 Å². The van der Waals surface area contributed by atoms with Crippen molar-refractivity contribution in [3.63, 3.8) is 0 Å². The molecule has 0 atom stereocenters. The Bertz CT molecular complexity index is 586. The van der Waals surface area contributed by atoms with E-state index in [1.807, 2.05) is 36.6 Å². The molecule has 0 unspecified atom stereocenters. The van der Waals surface area contributed by atoms with Gasteiger partial charge in [-0.05, 0) is 32.0 Å². The van der Waals surface area contributed by atoms with Crippen LogP contribution in [-0.2, 0) is 11.3 Å². The summed E-state index contributed by atoms with van der Waals surface area (Å²) in [6, 6.07) is 5.60. The molecular formula is C13H18N4O. The molecule has 0 bridgehead atoms. The Morgan fingerprint density at radius 1 is 1.50 bits per heavy atom. The van der Waals surface area contributed by atoms with E-state index in [-0.39, 0.29) is 5.91 Å². The van der Waals surface area contributed by atoms with Crippen LogP contribution in [0.1, 0.15) is 13.8 Å². The minimum Gasteiger partial charge on any atom is -0.399 e. The molecule has 3 N–H and O–H groups in total. The highest BCUT2D eigenvalue weighted by atomic mass is 16.2. The number of anilines is 1. The van der Waals surface area contributed by atoms with Crippen LogP contribution in [0.3, 0.4) is 0 Å². The fraction of sp³-hybridized carbons (Fsp3) is 0.385. The third-order valence-corrected chi connectivity index (χ3v) is 3.05. The van der Waals surface area contributed by atoms with Crippen molar-refractivity contribution in [2.24, 2.45) is 5.41 Å². The predicted octanol–water partition coefficient (Wildman–Crippen LogP) is 1.39. The number of aromatic nitrogens is 2. The summed E-state index contributed by atoms with van der Waals surface area (Å²) >= 11 is 0. The number of nitrogens with one attached hydrogen (secondary N) is 1. The number of imidazole rings is 1. The van der Waals surface area contributed by atoms with Crippen LogP contribution in [0.15, 0.2) is 24.5 Å². The van der Waals surface area contributed by atoms with Gasteiger partial charge in [0.2, 0.25) is 5.91 Å². The maximum Gasteiger partial charge on any atom is 0.227 e. The number of nitrogens with zero attached hydrogens (tertiary/aromatic N) is 2. The zero-order chi connectivity index (χ0) is 13.3. The number of amides is 1. The normalized spacial score (nSPS) is 11.7. The van der Waals surface area contributed by atoms with Gasteiger partial charge >= 0.3 is 0 Å². The second-order valence-electron chi connectivity index (χ2n) is 5.08. The summed E-state index contributed by atoms with van der Waals surface area (Å²) in [4.78, 5) is 16.1. The van der Waals surface area contributed by atoms with E-state index in [1.54, 1.807) is 13.4 Å². The first-order valence-electron chi connectivity index (χ1n) is 5.86. The molecule has 1 amide bonds. The van der Waals surface area contributed by atoms with Crippen molar-refractivity contribution in [3.05, 3.63) is 24.5 Å². The van der Waals surface area contributed by atoms with Crippen molar-refractivity contribution in [1.29, 1.82) is 0 Å². The van der Waals surface area contributed by atoms with E-state index in [2.05, 4.69) is 10.3 Å². The van der Waals surface area contributed by atoms with E-state index < -0.39 is 5.41 Å². The summed E-state index contributed by atoms with van der Waals surface area (Å²) in [5.74, 6) is 0.0137. The fourth-order valence-corrected chi connectivity index (χ4v) is 2.04. The largest absolute Gasteiger partial charge is 0.399 e. The molecule has 0 spiro atoms. The molecule has 5 heteroatoms. The van der Waals surface area contributed by atoms with Gasteiger partial charge in [-0.15, -0.1) is 0 Å². The minimum atomic E-state index is -0.482. The molecule has 0 saturated carbocycles. The Morgan fingerprint density at radius 2 is 2.22 bits per heavy atom. The van der Waals surface area contributed by atoms with Gasteiger partial charge in [0.25, 0.3) is 0 Å². The molecule has 2 aromatic rings. The molecule has 0 fully saturated rings. The summed E-state index contributed by atoms with van der Waals surface area (Å²) in [6.45, 7) is 4.40. The quantitative estimate of drug-likeness (QED) is 0.804. The fourth-order valence-electron chi connectivity index (χ4n) is 2.04. The topological polar surface area (TPSA) is 72.9 Å². The summed E-state index contributed by atoms with van der Waals surface area (Å²) in [5.41, 5.74) is 7.76. The molecular weight excluding hydrogens is 228 g/mol. The molecule has 2 rings (SSSR count). The summed E-state index contributed by atoms with van der Waals surface area (Å²) in [5, 5.41) is 2.68. The van der Waals surface area contributed by atoms with Gasteiger partial charge in [-0.25, -0.2) is 4.98 Å². The number of hydrogen-bond donors (Lipinski definition) is 2. The highest BCUT2D eigenvalue weighted by Crippen LogP contribution is 2.22. The Kier molecular flexibility index (Phi) is 2.98. The monoisotopic (exact) mass is 246 g/mol. The Hall–Kier alpha value is -2.04. The maximum atomic E-state index is 11.8. The Balaban J connectivity index is 2.35. The number of nitrogen functional groups attached to an aromatic ring is 1. The van der Waals surface area contributed by atoms with Crippen LogP contribution in [0.5, 0.6) is 0 Å². The second-order valence-corrected chi connectivity index (χ2v) is 5.08. The van der Waals surface area contributed by atoms with E-state index in [1.165, 1.54) is 0 Å². The van der Waals surface area contributed by atoms with E-state index in [0.717, 1.165) is 11.0 Å².